The highest BCUT2D eigenvalue weighted by Gasteiger charge is 2.51. The second-order valence-corrected chi connectivity index (χ2v) is 16.6. The molecule has 1 rings (SSSR count). The molecule has 1 aliphatic carbocycles. The molecule has 0 amide bonds. The maximum atomic E-state index is 12.8. The molecule has 0 radical (unpaired) electrons. The topological polar surface area (TPSA) is 210 Å². The molecule has 1 fully saturated rings. The van der Waals surface area contributed by atoms with E-state index in [-0.39, 0.29) is 6.42 Å². The maximum absolute atomic E-state index is 12.8. The first-order valence-electron chi connectivity index (χ1n) is 22.4. The number of phosphoric ester groups is 1. The van der Waals surface area contributed by atoms with E-state index in [2.05, 4.69) is 62.5 Å². The number of carbonyl (C=O) groups is 2. The van der Waals surface area contributed by atoms with Crippen molar-refractivity contribution in [3.8, 4) is 0 Å². The molecular weight excluding hydrogens is 803 g/mol. The molecule has 0 aromatic heterocycles. The number of hydrogen-bond donors (Lipinski definition) is 6. The van der Waals surface area contributed by atoms with Crippen molar-refractivity contribution in [1.29, 1.82) is 0 Å². The third-order valence-electron chi connectivity index (χ3n) is 9.83. The molecule has 1 aliphatic rings. The molecule has 0 heterocycles. The van der Waals surface area contributed by atoms with Crippen LogP contribution in [0.4, 0.5) is 0 Å². The second-order valence-electron chi connectivity index (χ2n) is 15.2. The van der Waals surface area contributed by atoms with Gasteiger partial charge in [0.05, 0.1) is 6.61 Å². The smallest absolute Gasteiger partial charge is 0.462 e. The molecule has 0 aliphatic heterocycles. The normalized spacial score (nSPS) is 22.8. The van der Waals surface area contributed by atoms with Crippen molar-refractivity contribution in [2.75, 3.05) is 13.2 Å². The van der Waals surface area contributed by atoms with Crippen LogP contribution >= 0.6 is 7.82 Å². The van der Waals surface area contributed by atoms with Crippen molar-refractivity contribution >= 4 is 19.8 Å². The first-order valence-corrected chi connectivity index (χ1v) is 23.9. The first kappa shape index (κ1) is 56.0. The zero-order valence-corrected chi connectivity index (χ0v) is 37.6. The Balaban J connectivity index is 2.57. The SMILES string of the molecule is CC/C=C/C/C=C/C/C=C/C/C=C/C/C=C/CCCC(=O)OC[C@@H](COP(=O)(O)OC1C(O)C(O)C(O)[C@H](O)C1O)OC(=O)/C=C/C=C/CCCCCCCCCCCCC. The summed E-state index contributed by atoms with van der Waals surface area (Å²) in [5.41, 5.74) is 0. The molecule has 61 heavy (non-hydrogen) atoms. The number of aliphatic hydroxyl groups excluding tert-OH is 5. The second kappa shape index (κ2) is 36.5. The van der Waals surface area contributed by atoms with Gasteiger partial charge in [0.15, 0.2) is 6.10 Å². The minimum atomic E-state index is -5.16. The zero-order valence-electron chi connectivity index (χ0n) is 36.7. The molecule has 6 unspecified atom stereocenters. The number of allylic oxidation sites excluding steroid dienone is 13. The van der Waals surface area contributed by atoms with Gasteiger partial charge in [-0.2, -0.15) is 0 Å². The summed E-state index contributed by atoms with van der Waals surface area (Å²) in [5, 5.41) is 50.1. The van der Waals surface area contributed by atoms with E-state index < -0.39 is 75.7 Å². The molecule has 0 aromatic carbocycles. The Morgan fingerprint density at radius 1 is 0.574 bits per heavy atom. The number of hydrogen-bond acceptors (Lipinski definition) is 12. The lowest BCUT2D eigenvalue weighted by atomic mass is 9.85. The maximum Gasteiger partial charge on any atom is 0.472 e. The molecule has 8 atom stereocenters. The van der Waals surface area contributed by atoms with Crippen LogP contribution in [0.3, 0.4) is 0 Å². The van der Waals surface area contributed by atoms with E-state index >= 15 is 0 Å². The quantitative estimate of drug-likeness (QED) is 0.00882. The fraction of sp³-hybridized carbons (Fsp3) is 0.660. The van der Waals surface area contributed by atoms with Crippen LogP contribution in [0.2, 0.25) is 0 Å². The third kappa shape index (κ3) is 29.1. The molecule has 0 bridgehead atoms. The van der Waals surface area contributed by atoms with E-state index in [0.29, 0.717) is 12.8 Å². The van der Waals surface area contributed by atoms with Gasteiger partial charge in [-0.3, -0.25) is 13.8 Å². The highest BCUT2D eigenvalue weighted by molar-refractivity contribution is 7.47. The van der Waals surface area contributed by atoms with E-state index in [0.717, 1.165) is 57.4 Å². The lowest BCUT2D eigenvalue weighted by Gasteiger charge is -2.41. The standard InChI is InChI=1S/C47H77O13P/c1-3-5-7-9-11-13-15-17-19-20-22-23-25-27-29-31-33-35-40(48)57-37-39(38-58-61(55,56)60-47-45(53)43(51)42(50)44(52)46(47)54)59-41(49)36-34-32-30-28-26-24-21-18-16-14-12-10-8-6-4-2/h5,7,11,13,17,19,22-23,27,29-30,32,34,36,39,42-47,50-54H,3-4,6,8-10,12,14-16,18,20-21,24-26,28,31,33,35,37-38H2,1-2H3,(H,55,56)/b7-5+,13-11+,19-17+,23-22+,29-27+,32-30+,36-34+/t39-,42?,43-,44?,45?,46?,47?/m0/s1. The number of esters is 2. The van der Waals surface area contributed by atoms with Crippen LogP contribution in [0.15, 0.2) is 85.1 Å². The Morgan fingerprint density at radius 2 is 1.05 bits per heavy atom. The number of unbranched alkanes of at least 4 members (excludes halogenated alkanes) is 12. The van der Waals surface area contributed by atoms with E-state index in [1.165, 1.54) is 63.9 Å². The van der Waals surface area contributed by atoms with Crippen LogP contribution in [0.1, 0.15) is 142 Å². The predicted octanol–water partition coefficient (Wildman–Crippen LogP) is 8.50. The summed E-state index contributed by atoms with van der Waals surface area (Å²) in [6, 6.07) is 0. The van der Waals surface area contributed by atoms with Gasteiger partial charge >= 0.3 is 19.8 Å². The number of rotatable bonds is 35. The number of aliphatic hydroxyl groups is 5. The van der Waals surface area contributed by atoms with Crippen molar-refractivity contribution in [3.05, 3.63) is 85.1 Å². The monoisotopic (exact) mass is 881 g/mol. The van der Waals surface area contributed by atoms with Crippen molar-refractivity contribution in [2.24, 2.45) is 0 Å². The molecule has 14 heteroatoms. The van der Waals surface area contributed by atoms with Gasteiger partial charge in [-0.1, -0.05) is 157 Å². The first-order chi connectivity index (χ1) is 29.4. The Kier molecular flexibility index (Phi) is 33.5. The summed E-state index contributed by atoms with van der Waals surface area (Å²) < 4.78 is 33.2. The van der Waals surface area contributed by atoms with Gasteiger partial charge in [0.25, 0.3) is 0 Å². The Bertz CT molecular complexity index is 1390. The largest absolute Gasteiger partial charge is 0.472 e. The molecule has 0 aromatic rings. The molecule has 348 valence electrons. The van der Waals surface area contributed by atoms with Gasteiger partial charge in [0.2, 0.25) is 0 Å². The lowest BCUT2D eigenvalue weighted by molar-refractivity contribution is -0.220. The molecule has 1 saturated carbocycles. The summed E-state index contributed by atoms with van der Waals surface area (Å²) >= 11 is 0. The predicted molar refractivity (Wildman–Crippen MR) is 239 cm³/mol. The van der Waals surface area contributed by atoms with Crippen LogP contribution in [0.5, 0.6) is 0 Å². The van der Waals surface area contributed by atoms with Gasteiger partial charge in [0.1, 0.15) is 43.2 Å². The highest BCUT2D eigenvalue weighted by Crippen LogP contribution is 2.47. The van der Waals surface area contributed by atoms with Crippen LogP contribution in [-0.2, 0) is 32.7 Å². The Labute approximate surface area is 365 Å². The van der Waals surface area contributed by atoms with Crippen LogP contribution in [0.25, 0.3) is 0 Å². The summed E-state index contributed by atoms with van der Waals surface area (Å²) in [6.07, 6.45) is 34.2. The van der Waals surface area contributed by atoms with Crippen molar-refractivity contribution < 1.29 is 63.1 Å². The fourth-order valence-corrected chi connectivity index (χ4v) is 7.20. The minimum Gasteiger partial charge on any atom is -0.462 e. The molecule has 13 nitrogen and oxygen atoms in total. The zero-order chi connectivity index (χ0) is 45.0. The highest BCUT2D eigenvalue weighted by atomic mass is 31.2. The van der Waals surface area contributed by atoms with Crippen LogP contribution in [-0.4, -0.2) is 98.3 Å². The number of phosphoric acid groups is 1. The average molecular weight is 881 g/mol. The lowest BCUT2D eigenvalue weighted by Crippen LogP contribution is -2.64. The van der Waals surface area contributed by atoms with Gasteiger partial charge < -0.3 is 39.9 Å². The minimum absolute atomic E-state index is 0.0647. The molecule has 0 spiro atoms. The van der Waals surface area contributed by atoms with E-state index in [1.54, 1.807) is 6.08 Å². The van der Waals surface area contributed by atoms with Gasteiger partial charge in [-0.15, -0.1) is 0 Å². The molecule has 6 N–H and O–H groups in total. The van der Waals surface area contributed by atoms with E-state index in [9.17, 15) is 44.6 Å². The Hall–Kier alpha value is -2.97. The molecule has 0 saturated heterocycles. The number of ether oxygens (including phenoxy) is 2. The van der Waals surface area contributed by atoms with Gasteiger partial charge in [-0.25, -0.2) is 9.36 Å². The van der Waals surface area contributed by atoms with Crippen molar-refractivity contribution in [1.82, 2.24) is 0 Å². The van der Waals surface area contributed by atoms with Gasteiger partial charge in [0, 0.05) is 12.5 Å². The van der Waals surface area contributed by atoms with E-state index in [4.69, 9.17) is 18.5 Å². The van der Waals surface area contributed by atoms with E-state index in [1.807, 2.05) is 18.2 Å². The molecular formula is C47H77O13P. The Morgan fingerprint density at radius 3 is 1.59 bits per heavy atom. The van der Waals surface area contributed by atoms with Crippen molar-refractivity contribution in [3.63, 3.8) is 0 Å². The number of carbonyl (C=O) groups excluding carboxylic acids is 2. The summed E-state index contributed by atoms with van der Waals surface area (Å²) in [7, 11) is -5.16. The fourth-order valence-electron chi connectivity index (χ4n) is 6.23. The summed E-state index contributed by atoms with van der Waals surface area (Å²) in [4.78, 5) is 35.5. The van der Waals surface area contributed by atoms with Gasteiger partial charge in [-0.05, 0) is 57.8 Å². The summed E-state index contributed by atoms with van der Waals surface area (Å²) in [5.74, 6) is -1.43. The van der Waals surface area contributed by atoms with Crippen molar-refractivity contribution in [2.45, 2.75) is 185 Å². The third-order valence-corrected chi connectivity index (χ3v) is 10.8. The van der Waals surface area contributed by atoms with Crippen LogP contribution < -0.4 is 0 Å². The summed E-state index contributed by atoms with van der Waals surface area (Å²) in [6.45, 7) is 3.02. The van der Waals surface area contributed by atoms with Crippen LogP contribution in [0, 0.1) is 0 Å². The average Bonchev–Trinajstić information content (AvgIpc) is 3.24.